The summed E-state index contributed by atoms with van der Waals surface area (Å²) in [5, 5.41) is 8.72. The molecular weight excluding hydrogens is 361 g/mol. The molecule has 110 valence electrons. The van der Waals surface area contributed by atoms with E-state index in [2.05, 4.69) is 20.9 Å². The van der Waals surface area contributed by atoms with Gasteiger partial charge in [0.25, 0.3) is 0 Å². The predicted octanol–water partition coefficient (Wildman–Crippen LogP) is 0.120. The van der Waals surface area contributed by atoms with E-state index in [0.717, 1.165) is 0 Å². The monoisotopic (exact) mass is 383 g/mol. The Hall–Kier alpha value is -1.06. The number of amides is 3. The first-order valence-electron chi connectivity index (χ1n) is 5.90. The van der Waals surface area contributed by atoms with Gasteiger partial charge in [-0.15, -0.1) is 24.0 Å². The van der Waals surface area contributed by atoms with Crippen LogP contribution in [0.5, 0.6) is 0 Å². The van der Waals surface area contributed by atoms with Crippen molar-refractivity contribution in [3.05, 3.63) is 0 Å². The molecule has 0 unspecified atom stereocenters. The molecule has 1 aliphatic rings. The Kier molecular flexibility index (Phi) is 7.09. The highest BCUT2D eigenvalue weighted by Gasteiger charge is 2.27. The third-order valence-corrected chi connectivity index (χ3v) is 2.28. The highest BCUT2D eigenvalue weighted by atomic mass is 127. The van der Waals surface area contributed by atoms with Crippen LogP contribution in [0.15, 0.2) is 4.99 Å². The van der Waals surface area contributed by atoms with Gasteiger partial charge in [0.1, 0.15) is 0 Å². The number of hydrogen-bond acceptors (Lipinski definition) is 3. The maximum Gasteiger partial charge on any atom is 0.324 e. The molecule has 0 saturated carbocycles. The first-order chi connectivity index (χ1) is 8.33. The lowest BCUT2D eigenvalue weighted by atomic mass is 10.1. The average Bonchev–Trinajstić information content (AvgIpc) is 2.57. The van der Waals surface area contributed by atoms with Crippen LogP contribution < -0.4 is 16.0 Å². The fourth-order valence-electron chi connectivity index (χ4n) is 1.50. The number of urea groups is 1. The third kappa shape index (κ3) is 6.08. The number of nitrogens with zero attached hydrogens (tertiary/aromatic N) is 2. The molecule has 0 aromatic carbocycles. The van der Waals surface area contributed by atoms with Crippen molar-refractivity contribution in [1.82, 2.24) is 20.9 Å². The van der Waals surface area contributed by atoms with E-state index in [0.29, 0.717) is 19.0 Å². The van der Waals surface area contributed by atoms with Crippen LogP contribution in [-0.4, -0.2) is 55.0 Å². The number of hydrogen-bond donors (Lipinski definition) is 3. The first-order valence-corrected chi connectivity index (χ1v) is 5.90. The smallest absolute Gasteiger partial charge is 0.324 e. The van der Waals surface area contributed by atoms with Crippen LogP contribution in [-0.2, 0) is 4.79 Å². The molecule has 0 aliphatic carbocycles. The summed E-state index contributed by atoms with van der Waals surface area (Å²) in [5.41, 5.74) is -0.0946. The minimum absolute atomic E-state index is 0. The Morgan fingerprint density at radius 3 is 2.47 bits per heavy atom. The van der Waals surface area contributed by atoms with E-state index >= 15 is 0 Å². The molecule has 1 aliphatic heterocycles. The standard InChI is InChI=1S/C11H21N5O2.HI/c1-11(2,3)15-9(12-4)13-5-6-16-8(17)7-14-10(16)18;/h5-7H2,1-4H3,(H,14,18)(H2,12,13,15);1H. The van der Waals surface area contributed by atoms with Crippen molar-refractivity contribution < 1.29 is 9.59 Å². The SMILES string of the molecule is CN=C(NCCN1C(=O)CNC1=O)NC(C)(C)C.I. The molecule has 3 N–H and O–H groups in total. The summed E-state index contributed by atoms with van der Waals surface area (Å²) < 4.78 is 0. The van der Waals surface area contributed by atoms with Gasteiger partial charge in [-0.3, -0.25) is 14.7 Å². The molecule has 3 amide bonds. The molecule has 19 heavy (non-hydrogen) atoms. The van der Waals surface area contributed by atoms with E-state index in [9.17, 15) is 9.59 Å². The molecule has 0 aromatic heterocycles. The lowest BCUT2D eigenvalue weighted by Gasteiger charge is -2.24. The van der Waals surface area contributed by atoms with Crippen molar-refractivity contribution >= 4 is 41.9 Å². The zero-order valence-electron chi connectivity index (χ0n) is 11.7. The molecule has 0 radical (unpaired) electrons. The molecule has 7 nitrogen and oxygen atoms in total. The van der Waals surface area contributed by atoms with E-state index in [1.807, 2.05) is 20.8 Å². The molecule has 0 bridgehead atoms. The van der Waals surface area contributed by atoms with Crippen LogP contribution in [0.4, 0.5) is 4.79 Å². The summed E-state index contributed by atoms with van der Waals surface area (Å²) in [5.74, 6) is 0.454. The maximum absolute atomic E-state index is 11.3. The zero-order valence-corrected chi connectivity index (χ0v) is 14.1. The number of rotatable bonds is 3. The number of imide groups is 1. The molecule has 0 aromatic rings. The number of halogens is 1. The average molecular weight is 383 g/mol. The second-order valence-electron chi connectivity index (χ2n) is 5.08. The molecule has 1 heterocycles. The van der Waals surface area contributed by atoms with Gasteiger partial charge in [-0.05, 0) is 20.8 Å². The lowest BCUT2D eigenvalue weighted by Crippen LogP contribution is -2.49. The number of carbonyl (C=O) groups excluding carboxylic acids is 2. The second-order valence-corrected chi connectivity index (χ2v) is 5.08. The van der Waals surface area contributed by atoms with E-state index in [1.165, 1.54) is 4.90 Å². The summed E-state index contributed by atoms with van der Waals surface area (Å²) >= 11 is 0. The topological polar surface area (TPSA) is 85.8 Å². The van der Waals surface area contributed by atoms with Gasteiger partial charge in [0.15, 0.2) is 5.96 Å². The van der Waals surface area contributed by atoms with Crippen molar-refractivity contribution in [3.8, 4) is 0 Å². The van der Waals surface area contributed by atoms with Gasteiger partial charge in [0.05, 0.1) is 6.54 Å². The molecule has 0 spiro atoms. The summed E-state index contributed by atoms with van der Waals surface area (Å²) in [7, 11) is 1.68. The lowest BCUT2D eigenvalue weighted by molar-refractivity contribution is -0.124. The van der Waals surface area contributed by atoms with Crippen molar-refractivity contribution in [2.24, 2.45) is 4.99 Å². The molecule has 1 rings (SSSR count). The summed E-state index contributed by atoms with van der Waals surface area (Å²) in [6.07, 6.45) is 0. The van der Waals surface area contributed by atoms with Crippen LogP contribution in [0.2, 0.25) is 0 Å². The van der Waals surface area contributed by atoms with Crippen LogP contribution >= 0.6 is 24.0 Å². The first kappa shape index (κ1) is 17.9. The summed E-state index contributed by atoms with van der Waals surface area (Å²) in [6, 6.07) is -0.333. The van der Waals surface area contributed by atoms with Crippen molar-refractivity contribution in [2.75, 3.05) is 26.7 Å². The molecule has 1 saturated heterocycles. The fraction of sp³-hybridized carbons (Fsp3) is 0.727. The fourth-order valence-corrected chi connectivity index (χ4v) is 1.50. The van der Waals surface area contributed by atoms with Crippen molar-refractivity contribution in [2.45, 2.75) is 26.3 Å². The van der Waals surface area contributed by atoms with E-state index < -0.39 is 0 Å². The highest BCUT2D eigenvalue weighted by molar-refractivity contribution is 14.0. The third-order valence-electron chi connectivity index (χ3n) is 2.28. The molecule has 0 atom stereocenters. The Labute approximate surface area is 130 Å². The maximum atomic E-state index is 11.3. The quantitative estimate of drug-likeness (QED) is 0.280. The molecule has 1 fully saturated rings. The van der Waals surface area contributed by atoms with Crippen molar-refractivity contribution in [3.63, 3.8) is 0 Å². The predicted molar refractivity (Wildman–Crippen MR) is 84.8 cm³/mol. The van der Waals surface area contributed by atoms with Crippen LogP contribution in [0.25, 0.3) is 0 Å². The Morgan fingerprint density at radius 1 is 1.42 bits per heavy atom. The molecule has 8 heteroatoms. The van der Waals surface area contributed by atoms with E-state index in [-0.39, 0.29) is 48.0 Å². The van der Waals surface area contributed by atoms with Gasteiger partial charge < -0.3 is 16.0 Å². The summed E-state index contributed by atoms with van der Waals surface area (Å²) in [6.45, 7) is 6.96. The van der Waals surface area contributed by atoms with Gasteiger partial charge in [-0.2, -0.15) is 0 Å². The normalized spacial score (nSPS) is 16.0. The number of aliphatic imine (C=N–C) groups is 1. The Morgan fingerprint density at radius 2 is 2.05 bits per heavy atom. The number of nitrogens with one attached hydrogen (secondary N) is 3. The minimum Gasteiger partial charge on any atom is -0.355 e. The van der Waals surface area contributed by atoms with Crippen molar-refractivity contribution in [1.29, 1.82) is 0 Å². The Balaban J connectivity index is 0.00000324. The van der Waals surface area contributed by atoms with E-state index in [4.69, 9.17) is 0 Å². The van der Waals surface area contributed by atoms with Crippen LogP contribution in [0.3, 0.4) is 0 Å². The second kappa shape index (κ2) is 7.51. The van der Waals surface area contributed by atoms with Gasteiger partial charge in [-0.1, -0.05) is 0 Å². The molecular formula is C11H22IN5O2. The van der Waals surface area contributed by atoms with Gasteiger partial charge in [-0.25, -0.2) is 4.79 Å². The Bertz CT molecular complexity index is 349. The van der Waals surface area contributed by atoms with Crippen LogP contribution in [0.1, 0.15) is 20.8 Å². The number of carbonyl (C=O) groups is 2. The minimum atomic E-state index is -0.333. The van der Waals surface area contributed by atoms with E-state index in [1.54, 1.807) is 7.05 Å². The highest BCUT2D eigenvalue weighted by Crippen LogP contribution is 1.99. The zero-order chi connectivity index (χ0) is 13.8. The number of guanidine groups is 1. The van der Waals surface area contributed by atoms with Gasteiger partial charge in [0.2, 0.25) is 5.91 Å². The summed E-state index contributed by atoms with van der Waals surface area (Å²) in [4.78, 5) is 27.9. The van der Waals surface area contributed by atoms with Crippen LogP contribution in [0, 0.1) is 0 Å². The van der Waals surface area contributed by atoms with Gasteiger partial charge in [0, 0.05) is 25.7 Å². The van der Waals surface area contributed by atoms with Gasteiger partial charge >= 0.3 is 6.03 Å². The largest absolute Gasteiger partial charge is 0.355 e.